The van der Waals surface area contributed by atoms with Crippen LogP contribution in [0.3, 0.4) is 0 Å². The van der Waals surface area contributed by atoms with Crippen LogP contribution in [0.25, 0.3) is 0 Å². The van der Waals surface area contributed by atoms with Crippen LogP contribution in [-0.4, -0.2) is 23.9 Å². The Labute approximate surface area is 120 Å². The van der Waals surface area contributed by atoms with E-state index >= 15 is 0 Å². The molecule has 1 heterocycles. The smallest absolute Gasteiger partial charge is 0.254 e. The van der Waals surface area contributed by atoms with E-state index in [4.69, 9.17) is 11.5 Å². The second-order valence-corrected chi connectivity index (χ2v) is 6.37. The van der Waals surface area contributed by atoms with E-state index in [1.54, 1.807) is 18.2 Å². The molecule has 0 unspecified atom stereocenters. The predicted octanol–water partition coefficient (Wildman–Crippen LogP) is 2.67. The minimum Gasteiger partial charge on any atom is -0.399 e. The van der Waals surface area contributed by atoms with Crippen molar-refractivity contribution < 1.29 is 4.79 Å². The molecule has 0 saturated heterocycles. The van der Waals surface area contributed by atoms with Gasteiger partial charge in [-0.1, -0.05) is 32.4 Å². The molecule has 20 heavy (non-hydrogen) atoms. The maximum Gasteiger partial charge on any atom is 0.254 e. The first-order chi connectivity index (χ1) is 9.27. The lowest BCUT2D eigenvalue weighted by Crippen LogP contribution is -2.36. The minimum atomic E-state index is -0.00629. The third-order valence-electron chi connectivity index (χ3n) is 3.68. The fraction of sp³-hybridized carbons (Fsp3) is 0.438. The summed E-state index contributed by atoms with van der Waals surface area (Å²) in [7, 11) is 0. The van der Waals surface area contributed by atoms with Crippen LogP contribution in [0.2, 0.25) is 0 Å². The molecular weight excluding hydrogens is 250 g/mol. The van der Waals surface area contributed by atoms with Crippen LogP contribution in [0.1, 0.15) is 37.6 Å². The molecule has 0 bridgehead atoms. The highest BCUT2D eigenvalue weighted by atomic mass is 16.2. The Morgan fingerprint density at radius 3 is 2.20 bits per heavy atom. The number of hydrogen-bond donors (Lipinski definition) is 2. The summed E-state index contributed by atoms with van der Waals surface area (Å²) in [5, 5.41) is 0. The number of nitrogens with two attached hydrogens (primary N) is 2. The second kappa shape index (κ2) is 5.19. The number of nitrogen functional groups attached to an aromatic ring is 2. The molecule has 1 amide bonds. The summed E-state index contributed by atoms with van der Waals surface area (Å²) in [5.41, 5.74) is 14.7. The molecule has 0 fully saturated rings. The zero-order valence-corrected chi connectivity index (χ0v) is 12.4. The Kier molecular flexibility index (Phi) is 3.75. The van der Waals surface area contributed by atoms with Crippen LogP contribution in [0.4, 0.5) is 11.4 Å². The van der Waals surface area contributed by atoms with Gasteiger partial charge in [-0.25, -0.2) is 0 Å². The van der Waals surface area contributed by atoms with Crippen molar-refractivity contribution in [1.82, 2.24) is 4.90 Å². The molecule has 0 aliphatic carbocycles. The van der Waals surface area contributed by atoms with Crippen molar-refractivity contribution in [3.05, 3.63) is 35.4 Å². The largest absolute Gasteiger partial charge is 0.399 e. The van der Waals surface area contributed by atoms with E-state index in [1.165, 1.54) is 5.57 Å². The van der Waals surface area contributed by atoms with E-state index in [2.05, 4.69) is 26.8 Å². The normalized spacial score (nSPS) is 15.9. The Hall–Kier alpha value is -1.97. The zero-order valence-electron chi connectivity index (χ0n) is 12.4. The van der Waals surface area contributed by atoms with Crippen molar-refractivity contribution >= 4 is 17.3 Å². The molecule has 1 aromatic carbocycles. The maximum absolute atomic E-state index is 12.4. The summed E-state index contributed by atoms with van der Waals surface area (Å²) in [6, 6.07) is 5.02. The maximum atomic E-state index is 12.4. The Bertz CT molecular complexity index is 535. The number of benzene rings is 1. The highest BCUT2D eigenvalue weighted by Crippen LogP contribution is 2.30. The number of hydrogen-bond acceptors (Lipinski definition) is 3. The van der Waals surface area contributed by atoms with Crippen LogP contribution in [0, 0.1) is 5.41 Å². The van der Waals surface area contributed by atoms with Crippen molar-refractivity contribution in [2.75, 3.05) is 24.6 Å². The van der Waals surface area contributed by atoms with Gasteiger partial charge in [0.25, 0.3) is 5.91 Å². The molecule has 0 aromatic heterocycles. The summed E-state index contributed by atoms with van der Waals surface area (Å²) < 4.78 is 0. The molecule has 1 aliphatic rings. The van der Waals surface area contributed by atoms with E-state index in [0.29, 0.717) is 23.5 Å². The van der Waals surface area contributed by atoms with Crippen molar-refractivity contribution in [2.45, 2.75) is 27.2 Å². The molecule has 108 valence electrons. The summed E-state index contributed by atoms with van der Waals surface area (Å²) in [4.78, 5) is 14.3. The Morgan fingerprint density at radius 1 is 1.15 bits per heavy atom. The van der Waals surface area contributed by atoms with Gasteiger partial charge in [0, 0.05) is 30.0 Å². The van der Waals surface area contributed by atoms with Crippen LogP contribution < -0.4 is 11.5 Å². The van der Waals surface area contributed by atoms with E-state index < -0.39 is 0 Å². The molecule has 4 heteroatoms. The van der Waals surface area contributed by atoms with Crippen LogP contribution in [0.5, 0.6) is 0 Å². The fourth-order valence-electron chi connectivity index (χ4n) is 2.52. The molecule has 0 spiro atoms. The van der Waals surface area contributed by atoms with Gasteiger partial charge in [-0.15, -0.1) is 0 Å². The van der Waals surface area contributed by atoms with E-state index in [-0.39, 0.29) is 11.3 Å². The third-order valence-corrected chi connectivity index (χ3v) is 3.68. The van der Waals surface area contributed by atoms with Gasteiger partial charge in [0.15, 0.2) is 0 Å². The number of amides is 1. The number of rotatable bonds is 1. The zero-order chi connectivity index (χ0) is 14.9. The van der Waals surface area contributed by atoms with Gasteiger partial charge < -0.3 is 16.4 Å². The van der Waals surface area contributed by atoms with E-state index in [1.807, 2.05) is 4.90 Å². The first kappa shape index (κ1) is 14.4. The summed E-state index contributed by atoms with van der Waals surface area (Å²) in [6.45, 7) is 8.01. The molecular formula is C16H23N3O. The summed E-state index contributed by atoms with van der Waals surface area (Å²) >= 11 is 0. The molecule has 4 nitrogen and oxygen atoms in total. The van der Waals surface area contributed by atoms with Gasteiger partial charge in [-0.3, -0.25) is 4.79 Å². The predicted molar refractivity (Wildman–Crippen MR) is 83.3 cm³/mol. The Morgan fingerprint density at radius 2 is 1.75 bits per heavy atom. The van der Waals surface area contributed by atoms with Crippen molar-refractivity contribution in [3.8, 4) is 0 Å². The highest BCUT2D eigenvalue weighted by Gasteiger charge is 2.24. The molecule has 1 aliphatic heterocycles. The molecule has 0 atom stereocenters. The monoisotopic (exact) mass is 273 g/mol. The third kappa shape index (κ3) is 3.13. The van der Waals surface area contributed by atoms with Gasteiger partial charge >= 0.3 is 0 Å². The van der Waals surface area contributed by atoms with Crippen molar-refractivity contribution in [3.63, 3.8) is 0 Å². The number of anilines is 2. The van der Waals surface area contributed by atoms with Crippen molar-refractivity contribution in [2.24, 2.45) is 5.41 Å². The molecule has 2 rings (SSSR count). The first-order valence-electron chi connectivity index (χ1n) is 6.92. The van der Waals surface area contributed by atoms with E-state index in [0.717, 1.165) is 13.0 Å². The quantitative estimate of drug-likeness (QED) is 0.610. The van der Waals surface area contributed by atoms with E-state index in [9.17, 15) is 4.79 Å². The highest BCUT2D eigenvalue weighted by molar-refractivity contribution is 5.96. The number of nitrogens with zero attached hydrogens (tertiary/aromatic N) is 1. The SMILES string of the molecule is CC(C)(C)C1=CCN(C(=O)c2cc(N)cc(N)c2)CC1. The van der Waals surface area contributed by atoms with Gasteiger partial charge in [-0.2, -0.15) is 0 Å². The lowest BCUT2D eigenvalue weighted by molar-refractivity contribution is 0.0765. The molecule has 0 radical (unpaired) electrons. The average molecular weight is 273 g/mol. The van der Waals surface area contributed by atoms with Crippen LogP contribution >= 0.6 is 0 Å². The number of carbonyl (C=O) groups excluding carboxylic acids is 1. The van der Waals surface area contributed by atoms with Gasteiger partial charge in [0.1, 0.15) is 0 Å². The summed E-state index contributed by atoms with van der Waals surface area (Å²) in [6.07, 6.45) is 3.09. The average Bonchev–Trinajstić information content (AvgIpc) is 2.36. The topological polar surface area (TPSA) is 72.3 Å². The van der Waals surface area contributed by atoms with Gasteiger partial charge in [0.2, 0.25) is 0 Å². The molecule has 1 aromatic rings. The molecule has 4 N–H and O–H groups in total. The minimum absolute atomic E-state index is 0.00629. The summed E-state index contributed by atoms with van der Waals surface area (Å²) in [5.74, 6) is -0.00629. The second-order valence-electron chi connectivity index (χ2n) is 6.37. The lowest BCUT2D eigenvalue weighted by Gasteiger charge is -2.32. The van der Waals surface area contributed by atoms with Gasteiger partial charge in [0.05, 0.1) is 0 Å². The number of carbonyl (C=O) groups is 1. The van der Waals surface area contributed by atoms with Crippen LogP contribution in [-0.2, 0) is 0 Å². The standard InChI is InChI=1S/C16H23N3O/c1-16(2,3)12-4-6-19(7-5-12)15(20)11-8-13(17)10-14(18)9-11/h4,8-10H,5-7,17-18H2,1-3H3. The lowest BCUT2D eigenvalue weighted by atomic mass is 9.83. The fourth-order valence-corrected chi connectivity index (χ4v) is 2.52. The van der Waals surface area contributed by atoms with Gasteiger partial charge in [-0.05, 0) is 30.0 Å². The van der Waals surface area contributed by atoms with Crippen molar-refractivity contribution in [1.29, 1.82) is 0 Å². The first-order valence-corrected chi connectivity index (χ1v) is 6.92. The van der Waals surface area contributed by atoms with Crippen LogP contribution in [0.15, 0.2) is 29.8 Å². The molecule has 0 saturated carbocycles. The Balaban J connectivity index is 2.14.